The van der Waals surface area contributed by atoms with E-state index in [1.807, 2.05) is 24.3 Å². The molecule has 0 atom stereocenters. The number of aromatic amines is 1. The summed E-state index contributed by atoms with van der Waals surface area (Å²) in [6.45, 7) is 5.11. The van der Waals surface area contributed by atoms with Gasteiger partial charge in [0.15, 0.2) is 0 Å². The normalized spacial score (nSPS) is 17.1. The molecule has 4 heterocycles. The van der Waals surface area contributed by atoms with Crippen molar-refractivity contribution in [3.8, 4) is 0 Å². The van der Waals surface area contributed by atoms with Gasteiger partial charge in [0.2, 0.25) is 0 Å². The monoisotopic (exact) mass is 403 g/mol. The number of nitrogens with zero attached hydrogens (tertiary/aromatic N) is 2. The van der Waals surface area contributed by atoms with Crippen LogP contribution in [0.15, 0.2) is 53.5 Å². The SMILES string of the molecule is O=c1[nH]ccc2cc(C3=CCNCC3)nc(Nc3ccc(N4CCOCC4)cc3)c12. The molecular formula is C23H25N5O2. The summed E-state index contributed by atoms with van der Waals surface area (Å²) in [7, 11) is 0. The van der Waals surface area contributed by atoms with Gasteiger partial charge in [-0.15, -0.1) is 0 Å². The second-order valence-electron chi connectivity index (χ2n) is 7.58. The van der Waals surface area contributed by atoms with E-state index in [4.69, 9.17) is 9.72 Å². The fourth-order valence-corrected chi connectivity index (χ4v) is 4.04. The predicted octanol–water partition coefficient (Wildman–Crippen LogP) is 2.88. The Bertz CT molecular complexity index is 1130. The number of morpholine rings is 1. The Balaban J connectivity index is 1.49. The molecule has 0 unspecified atom stereocenters. The molecule has 154 valence electrons. The van der Waals surface area contributed by atoms with E-state index in [2.05, 4.69) is 38.7 Å². The summed E-state index contributed by atoms with van der Waals surface area (Å²) >= 11 is 0. The van der Waals surface area contributed by atoms with Crippen LogP contribution in [0.3, 0.4) is 0 Å². The first-order chi connectivity index (χ1) is 14.8. The third-order valence-corrected chi connectivity index (χ3v) is 5.65. The van der Waals surface area contributed by atoms with Gasteiger partial charge >= 0.3 is 0 Å². The molecule has 1 saturated heterocycles. The number of H-pyrrole nitrogens is 1. The highest BCUT2D eigenvalue weighted by Gasteiger charge is 2.15. The highest BCUT2D eigenvalue weighted by molar-refractivity contribution is 5.94. The Labute approximate surface area is 174 Å². The number of aromatic nitrogens is 2. The number of benzene rings is 1. The first kappa shape index (κ1) is 18.8. The Morgan fingerprint density at radius 2 is 1.93 bits per heavy atom. The van der Waals surface area contributed by atoms with Crippen LogP contribution in [0.5, 0.6) is 0 Å². The van der Waals surface area contributed by atoms with Crippen molar-refractivity contribution < 1.29 is 4.74 Å². The van der Waals surface area contributed by atoms with Crippen molar-refractivity contribution in [2.24, 2.45) is 0 Å². The molecule has 7 heteroatoms. The summed E-state index contributed by atoms with van der Waals surface area (Å²) in [6.07, 6.45) is 4.79. The third-order valence-electron chi connectivity index (χ3n) is 5.65. The number of anilines is 3. The van der Waals surface area contributed by atoms with Gasteiger partial charge in [0.25, 0.3) is 5.56 Å². The van der Waals surface area contributed by atoms with Crippen molar-refractivity contribution in [1.29, 1.82) is 0 Å². The standard InChI is InChI=1S/C23H25N5O2/c29-23-21-17(7-10-25-23)15-20(16-5-8-24-9-6-16)27-22(21)26-18-1-3-19(4-2-18)28-11-13-30-14-12-28/h1-5,7,10,15,24H,6,8-9,11-14H2,(H,25,29)(H,26,27). The average Bonchev–Trinajstić information content (AvgIpc) is 2.81. The van der Waals surface area contributed by atoms with Crippen molar-refractivity contribution in [2.75, 3.05) is 49.6 Å². The van der Waals surface area contributed by atoms with Crippen LogP contribution < -0.4 is 21.1 Å². The maximum atomic E-state index is 12.6. The van der Waals surface area contributed by atoms with Gasteiger partial charge in [-0.05, 0) is 60.3 Å². The molecule has 0 spiro atoms. The molecule has 1 fully saturated rings. The third kappa shape index (κ3) is 3.81. The first-order valence-corrected chi connectivity index (χ1v) is 10.4. The van der Waals surface area contributed by atoms with Crippen LogP contribution >= 0.6 is 0 Å². The molecule has 0 radical (unpaired) electrons. The minimum atomic E-state index is -0.140. The van der Waals surface area contributed by atoms with Crippen LogP contribution in [0.25, 0.3) is 16.3 Å². The first-order valence-electron chi connectivity index (χ1n) is 10.4. The number of rotatable bonds is 4. The zero-order valence-electron chi connectivity index (χ0n) is 16.8. The molecule has 2 aromatic heterocycles. The summed E-state index contributed by atoms with van der Waals surface area (Å²) in [6, 6.07) is 12.2. The fraction of sp³-hybridized carbons (Fsp3) is 0.304. The lowest BCUT2D eigenvalue weighted by Crippen LogP contribution is -2.36. The number of pyridine rings is 2. The lowest BCUT2D eigenvalue weighted by Gasteiger charge is -2.29. The second-order valence-corrected chi connectivity index (χ2v) is 7.58. The van der Waals surface area contributed by atoms with Crippen molar-refractivity contribution in [1.82, 2.24) is 15.3 Å². The molecule has 0 bridgehead atoms. The second kappa shape index (κ2) is 8.30. The number of nitrogens with one attached hydrogen (secondary N) is 3. The number of hydrogen-bond acceptors (Lipinski definition) is 6. The van der Waals surface area contributed by atoms with Gasteiger partial charge in [-0.3, -0.25) is 4.79 Å². The van der Waals surface area contributed by atoms with Gasteiger partial charge in [-0.1, -0.05) is 6.08 Å². The molecule has 3 aromatic rings. The van der Waals surface area contributed by atoms with Crippen LogP contribution in [-0.4, -0.2) is 49.4 Å². The fourth-order valence-electron chi connectivity index (χ4n) is 4.04. The maximum absolute atomic E-state index is 12.6. The van der Waals surface area contributed by atoms with Crippen molar-refractivity contribution in [3.05, 3.63) is 64.7 Å². The molecule has 7 nitrogen and oxygen atoms in total. The Morgan fingerprint density at radius 3 is 2.70 bits per heavy atom. The molecule has 2 aliphatic heterocycles. The highest BCUT2D eigenvalue weighted by Crippen LogP contribution is 2.28. The van der Waals surface area contributed by atoms with Crippen molar-refractivity contribution in [2.45, 2.75) is 6.42 Å². The number of fused-ring (bicyclic) bond motifs is 1. The van der Waals surface area contributed by atoms with E-state index in [0.29, 0.717) is 11.2 Å². The van der Waals surface area contributed by atoms with Gasteiger partial charge < -0.3 is 25.3 Å². The predicted molar refractivity (Wildman–Crippen MR) is 121 cm³/mol. The van der Waals surface area contributed by atoms with Crippen LogP contribution in [0.2, 0.25) is 0 Å². The smallest absolute Gasteiger partial charge is 0.259 e. The van der Waals surface area contributed by atoms with E-state index in [1.54, 1.807) is 6.20 Å². The molecule has 3 N–H and O–H groups in total. The van der Waals surface area contributed by atoms with Crippen LogP contribution in [0, 0.1) is 0 Å². The summed E-state index contributed by atoms with van der Waals surface area (Å²) in [5, 5.41) is 8.17. The van der Waals surface area contributed by atoms with E-state index < -0.39 is 0 Å². The van der Waals surface area contributed by atoms with E-state index in [-0.39, 0.29) is 5.56 Å². The molecule has 1 aromatic carbocycles. The van der Waals surface area contributed by atoms with Crippen LogP contribution in [-0.2, 0) is 4.74 Å². The van der Waals surface area contributed by atoms with E-state index >= 15 is 0 Å². The molecule has 30 heavy (non-hydrogen) atoms. The summed E-state index contributed by atoms with van der Waals surface area (Å²) in [4.78, 5) is 22.5. The van der Waals surface area contributed by atoms with Gasteiger partial charge in [0.05, 0.1) is 24.3 Å². The van der Waals surface area contributed by atoms with Crippen LogP contribution in [0.4, 0.5) is 17.2 Å². The minimum Gasteiger partial charge on any atom is -0.378 e. The lowest BCUT2D eigenvalue weighted by molar-refractivity contribution is 0.122. The maximum Gasteiger partial charge on any atom is 0.259 e. The van der Waals surface area contributed by atoms with E-state index in [9.17, 15) is 4.79 Å². The van der Waals surface area contributed by atoms with Gasteiger partial charge in [0, 0.05) is 37.2 Å². The number of ether oxygens (including phenoxy) is 1. The molecule has 2 aliphatic rings. The lowest BCUT2D eigenvalue weighted by atomic mass is 10.0. The molecule has 5 rings (SSSR count). The quantitative estimate of drug-likeness (QED) is 0.621. The van der Waals surface area contributed by atoms with Gasteiger partial charge in [-0.2, -0.15) is 0 Å². The van der Waals surface area contributed by atoms with Crippen LogP contribution in [0.1, 0.15) is 12.1 Å². The molecule has 0 amide bonds. The summed E-state index contributed by atoms with van der Waals surface area (Å²) < 4.78 is 5.43. The Morgan fingerprint density at radius 1 is 1.10 bits per heavy atom. The van der Waals surface area contributed by atoms with Gasteiger partial charge in [-0.25, -0.2) is 4.98 Å². The molecule has 0 aliphatic carbocycles. The van der Waals surface area contributed by atoms with Crippen molar-refractivity contribution >= 4 is 33.5 Å². The van der Waals surface area contributed by atoms with Gasteiger partial charge in [0.1, 0.15) is 5.82 Å². The molecule has 0 saturated carbocycles. The summed E-state index contributed by atoms with van der Waals surface area (Å²) in [5.74, 6) is 0.586. The van der Waals surface area contributed by atoms with E-state index in [0.717, 1.165) is 62.6 Å². The minimum absolute atomic E-state index is 0.140. The van der Waals surface area contributed by atoms with E-state index in [1.165, 1.54) is 11.3 Å². The molecular weight excluding hydrogens is 378 g/mol. The average molecular weight is 403 g/mol. The topological polar surface area (TPSA) is 82.3 Å². The highest BCUT2D eigenvalue weighted by atomic mass is 16.5. The largest absolute Gasteiger partial charge is 0.378 e. The zero-order chi connectivity index (χ0) is 20.3. The van der Waals surface area contributed by atoms with Crippen molar-refractivity contribution in [3.63, 3.8) is 0 Å². The Kier molecular flexibility index (Phi) is 5.21. The summed E-state index contributed by atoms with van der Waals surface area (Å²) in [5.41, 5.74) is 4.07. The zero-order valence-corrected chi connectivity index (χ0v) is 16.8. The Hall–Kier alpha value is -3.16. The number of hydrogen-bond donors (Lipinski definition) is 3.